The van der Waals surface area contributed by atoms with E-state index >= 15 is 0 Å². The van der Waals surface area contributed by atoms with Crippen LogP contribution in [0.1, 0.15) is 43.2 Å². The molecule has 1 aliphatic heterocycles. The number of ether oxygens (including phenoxy) is 2. The van der Waals surface area contributed by atoms with Crippen molar-refractivity contribution in [2.75, 3.05) is 14.2 Å². The molecular formula is C17H21N3O4S. The zero-order valence-electron chi connectivity index (χ0n) is 14.8. The molecule has 2 N–H and O–H groups in total. The molecule has 1 atom stereocenters. The molecule has 8 heteroatoms. The number of methoxy groups -OCH3 is 2. The molecule has 7 nitrogen and oxygen atoms in total. The molecule has 134 valence electrons. The van der Waals surface area contributed by atoms with E-state index in [0.717, 1.165) is 10.6 Å². The molecule has 0 fully saturated rings. The Kier molecular flexibility index (Phi) is 4.55. The molecule has 0 aliphatic carbocycles. The van der Waals surface area contributed by atoms with Gasteiger partial charge in [0.15, 0.2) is 17.3 Å². The Bertz CT molecular complexity index is 873. The van der Waals surface area contributed by atoms with Gasteiger partial charge in [-0.1, -0.05) is 11.8 Å². The van der Waals surface area contributed by atoms with Crippen molar-refractivity contribution in [1.29, 1.82) is 0 Å². The third-order valence-corrected chi connectivity index (χ3v) is 5.25. The molecule has 1 aromatic heterocycles. The summed E-state index contributed by atoms with van der Waals surface area (Å²) in [6.07, 6.45) is 0. The first-order valence-electron chi connectivity index (χ1n) is 7.88. The Balaban J connectivity index is 2.21. The Morgan fingerprint density at radius 1 is 1.28 bits per heavy atom. The van der Waals surface area contributed by atoms with E-state index < -0.39 is 0 Å². The highest BCUT2D eigenvalue weighted by Crippen LogP contribution is 2.47. The van der Waals surface area contributed by atoms with E-state index in [1.54, 1.807) is 16.8 Å². The van der Waals surface area contributed by atoms with Gasteiger partial charge < -0.3 is 14.6 Å². The highest BCUT2D eigenvalue weighted by molar-refractivity contribution is 8.14. The normalized spacial score (nSPS) is 16.6. The standard InChI is InChI=1S/C17H21N3O4S/c1-8(2)20-16-13(17(22)19-20)15(25-9(3)18-16)10-6-11(23-4)14(21)12(7-10)24-5/h6-8,15,21H,1-5H3,(H,19,22)/t15-/m0/s1. The average molecular weight is 363 g/mol. The van der Waals surface area contributed by atoms with Crippen LogP contribution in [0.25, 0.3) is 0 Å². The van der Waals surface area contributed by atoms with E-state index in [2.05, 4.69) is 10.1 Å². The van der Waals surface area contributed by atoms with Crippen molar-refractivity contribution in [3.63, 3.8) is 0 Å². The highest BCUT2D eigenvalue weighted by atomic mass is 32.2. The number of aromatic amines is 1. The molecule has 2 aromatic rings. The number of H-pyrrole nitrogens is 1. The molecule has 0 spiro atoms. The topological polar surface area (TPSA) is 88.8 Å². The SMILES string of the molecule is COc1cc([C@@H]2SC(C)=Nc3c2c(=O)[nH]n3C(C)C)cc(OC)c1O. The Morgan fingerprint density at radius 2 is 1.88 bits per heavy atom. The van der Waals surface area contributed by atoms with Gasteiger partial charge in [-0.2, -0.15) is 0 Å². The van der Waals surface area contributed by atoms with Crippen LogP contribution in [0.5, 0.6) is 17.2 Å². The summed E-state index contributed by atoms with van der Waals surface area (Å²) < 4.78 is 12.3. The van der Waals surface area contributed by atoms with Crippen LogP contribution in [-0.2, 0) is 0 Å². The number of aliphatic imine (C=N–C) groups is 1. The lowest BCUT2D eigenvalue weighted by molar-refractivity contribution is 0.339. The fourth-order valence-electron chi connectivity index (χ4n) is 2.88. The number of thioether (sulfide) groups is 1. The minimum Gasteiger partial charge on any atom is -0.502 e. The van der Waals surface area contributed by atoms with E-state index in [1.165, 1.54) is 26.0 Å². The molecule has 0 amide bonds. The molecule has 0 radical (unpaired) electrons. The zero-order valence-corrected chi connectivity index (χ0v) is 15.6. The molecule has 25 heavy (non-hydrogen) atoms. The monoisotopic (exact) mass is 363 g/mol. The van der Waals surface area contributed by atoms with Crippen LogP contribution in [0.3, 0.4) is 0 Å². The molecule has 0 saturated heterocycles. The fourth-order valence-corrected chi connectivity index (χ4v) is 3.97. The van der Waals surface area contributed by atoms with Gasteiger partial charge in [-0.3, -0.25) is 14.6 Å². The summed E-state index contributed by atoms with van der Waals surface area (Å²) in [5.74, 6) is 1.19. The molecule has 0 bridgehead atoms. The van der Waals surface area contributed by atoms with Crippen molar-refractivity contribution < 1.29 is 14.6 Å². The highest BCUT2D eigenvalue weighted by Gasteiger charge is 2.31. The van der Waals surface area contributed by atoms with E-state index in [9.17, 15) is 9.90 Å². The average Bonchev–Trinajstić information content (AvgIpc) is 2.91. The minimum absolute atomic E-state index is 0.0613. The lowest BCUT2D eigenvalue weighted by atomic mass is 10.0. The van der Waals surface area contributed by atoms with Gasteiger partial charge in [0, 0.05) is 6.04 Å². The van der Waals surface area contributed by atoms with Crippen LogP contribution in [0.4, 0.5) is 5.82 Å². The van der Waals surface area contributed by atoms with Gasteiger partial charge in [0.05, 0.1) is 30.1 Å². The maximum absolute atomic E-state index is 12.6. The van der Waals surface area contributed by atoms with Gasteiger partial charge in [0.25, 0.3) is 5.56 Å². The van der Waals surface area contributed by atoms with Crippen LogP contribution < -0.4 is 15.0 Å². The van der Waals surface area contributed by atoms with Gasteiger partial charge in [-0.15, -0.1) is 0 Å². The van der Waals surface area contributed by atoms with E-state index in [1.807, 2.05) is 20.8 Å². The van der Waals surface area contributed by atoms with Crippen molar-refractivity contribution in [1.82, 2.24) is 9.78 Å². The molecular weight excluding hydrogens is 342 g/mol. The summed E-state index contributed by atoms with van der Waals surface area (Å²) in [6, 6.07) is 3.54. The quantitative estimate of drug-likeness (QED) is 0.869. The fraction of sp³-hybridized carbons (Fsp3) is 0.412. The predicted molar refractivity (Wildman–Crippen MR) is 98.9 cm³/mol. The summed E-state index contributed by atoms with van der Waals surface area (Å²) in [5.41, 5.74) is 1.24. The molecule has 3 rings (SSSR count). The smallest absolute Gasteiger partial charge is 0.271 e. The number of benzene rings is 1. The van der Waals surface area contributed by atoms with Crippen molar-refractivity contribution in [2.24, 2.45) is 4.99 Å². The van der Waals surface area contributed by atoms with Crippen LogP contribution in [0.15, 0.2) is 21.9 Å². The van der Waals surface area contributed by atoms with Gasteiger partial charge in [0.1, 0.15) is 0 Å². The maximum Gasteiger partial charge on any atom is 0.271 e. The molecule has 1 aliphatic rings. The summed E-state index contributed by atoms with van der Waals surface area (Å²) in [7, 11) is 2.96. The van der Waals surface area contributed by atoms with Crippen LogP contribution in [-0.4, -0.2) is 34.2 Å². The third kappa shape index (κ3) is 2.90. The number of nitrogens with one attached hydrogen (secondary N) is 1. The molecule has 0 unspecified atom stereocenters. The van der Waals surface area contributed by atoms with Gasteiger partial charge in [0.2, 0.25) is 5.75 Å². The summed E-state index contributed by atoms with van der Waals surface area (Å²) in [5, 5.41) is 13.6. The number of hydrogen-bond acceptors (Lipinski definition) is 6. The van der Waals surface area contributed by atoms with E-state index in [-0.39, 0.29) is 22.6 Å². The predicted octanol–water partition coefficient (Wildman–Crippen LogP) is 3.37. The Morgan fingerprint density at radius 3 is 2.40 bits per heavy atom. The summed E-state index contributed by atoms with van der Waals surface area (Å²) in [4.78, 5) is 17.2. The van der Waals surface area contributed by atoms with Crippen molar-refractivity contribution in [2.45, 2.75) is 32.1 Å². The second-order valence-electron chi connectivity index (χ2n) is 6.04. The number of rotatable bonds is 4. The lowest BCUT2D eigenvalue weighted by Gasteiger charge is -2.22. The number of fused-ring (bicyclic) bond motifs is 1. The number of phenols is 1. The van der Waals surface area contributed by atoms with Crippen molar-refractivity contribution in [3.8, 4) is 17.2 Å². The lowest BCUT2D eigenvalue weighted by Crippen LogP contribution is -2.13. The van der Waals surface area contributed by atoms with E-state index in [0.29, 0.717) is 22.9 Å². The van der Waals surface area contributed by atoms with E-state index in [4.69, 9.17) is 9.47 Å². The first-order chi connectivity index (χ1) is 11.9. The minimum atomic E-state index is -0.264. The zero-order chi connectivity index (χ0) is 18.3. The molecule has 2 heterocycles. The van der Waals surface area contributed by atoms with Crippen LogP contribution in [0.2, 0.25) is 0 Å². The van der Waals surface area contributed by atoms with Gasteiger partial charge in [-0.05, 0) is 38.5 Å². The number of aromatic nitrogens is 2. The second kappa shape index (κ2) is 6.51. The largest absolute Gasteiger partial charge is 0.502 e. The second-order valence-corrected chi connectivity index (χ2v) is 7.34. The number of aromatic hydroxyl groups is 1. The van der Waals surface area contributed by atoms with Crippen molar-refractivity contribution in [3.05, 3.63) is 33.6 Å². The number of hydrogen-bond donors (Lipinski definition) is 2. The van der Waals surface area contributed by atoms with Gasteiger partial charge >= 0.3 is 0 Å². The van der Waals surface area contributed by atoms with Crippen molar-refractivity contribution >= 4 is 22.6 Å². The first kappa shape index (κ1) is 17.5. The summed E-state index contributed by atoms with van der Waals surface area (Å²) >= 11 is 1.49. The first-order valence-corrected chi connectivity index (χ1v) is 8.76. The molecule has 1 aromatic carbocycles. The summed E-state index contributed by atoms with van der Waals surface area (Å²) in [6.45, 7) is 5.90. The number of nitrogens with zero attached hydrogens (tertiary/aromatic N) is 2. The Labute approximate surface area is 149 Å². The maximum atomic E-state index is 12.6. The van der Waals surface area contributed by atoms with Crippen LogP contribution >= 0.6 is 11.8 Å². The van der Waals surface area contributed by atoms with Crippen LogP contribution in [0, 0.1) is 0 Å². The third-order valence-electron chi connectivity index (χ3n) is 4.07. The van der Waals surface area contributed by atoms with Gasteiger partial charge in [-0.25, -0.2) is 4.99 Å². The number of phenolic OH excluding ortho intramolecular Hbond substituents is 1. The molecule has 0 saturated carbocycles. The Hall–Kier alpha value is -2.35.